The van der Waals surface area contributed by atoms with Gasteiger partial charge in [0, 0.05) is 18.9 Å². The van der Waals surface area contributed by atoms with Gasteiger partial charge in [-0.05, 0) is 12.3 Å². The third-order valence-electron chi connectivity index (χ3n) is 3.38. The molecule has 0 radical (unpaired) electrons. The van der Waals surface area contributed by atoms with E-state index in [0.717, 1.165) is 6.42 Å². The minimum atomic E-state index is -0.472. The highest BCUT2D eigenvalue weighted by Crippen LogP contribution is 2.37. The molecule has 0 spiro atoms. The Bertz CT molecular complexity index is 419. The average molecular weight is 267 g/mol. The van der Waals surface area contributed by atoms with E-state index in [1.54, 1.807) is 0 Å². The van der Waals surface area contributed by atoms with E-state index in [1.807, 2.05) is 6.92 Å². The first-order chi connectivity index (χ1) is 8.97. The molecule has 2 N–H and O–H groups in total. The first-order valence-electron chi connectivity index (χ1n) is 6.35. The normalized spacial score (nSPS) is 25.8. The fraction of sp³-hybridized carbons (Fsp3) is 0.667. The van der Waals surface area contributed by atoms with E-state index in [1.165, 1.54) is 4.90 Å². The van der Waals surface area contributed by atoms with Crippen molar-refractivity contribution in [2.45, 2.75) is 19.8 Å². The summed E-state index contributed by atoms with van der Waals surface area (Å²) in [4.78, 5) is 46.7. The van der Waals surface area contributed by atoms with Gasteiger partial charge in [-0.2, -0.15) is 0 Å². The van der Waals surface area contributed by atoms with Crippen molar-refractivity contribution in [1.82, 2.24) is 15.5 Å². The SMILES string of the molecule is CC1CC1C(=O)NCCC(=O)N1CC(=O)NC(=O)C1. The molecule has 1 saturated carbocycles. The van der Waals surface area contributed by atoms with E-state index in [2.05, 4.69) is 10.6 Å². The van der Waals surface area contributed by atoms with Crippen molar-refractivity contribution in [3.05, 3.63) is 0 Å². The number of amides is 4. The van der Waals surface area contributed by atoms with Gasteiger partial charge in [-0.15, -0.1) is 0 Å². The fourth-order valence-electron chi connectivity index (χ4n) is 2.08. The number of hydrogen-bond donors (Lipinski definition) is 2. The van der Waals surface area contributed by atoms with Crippen LogP contribution in [0.25, 0.3) is 0 Å². The molecule has 2 fully saturated rings. The van der Waals surface area contributed by atoms with Crippen molar-refractivity contribution in [3.63, 3.8) is 0 Å². The van der Waals surface area contributed by atoms with E-state index >= 15 is 0 Å². The standard InChI is InChI=1S/C12H17N3O4/c1-7-4-8(7)12(19)13-3-2-11(18)15-5-9(16)14-10(17)6-15/h7-8H,2-6H2,1H3,(H,13,19)(H,14,16,17). The zero-order chi connectivity index (χ0) is 14.0. The third-order valence-corrected chi connectivity index (χ3v) is 3.38. The summed E-state index contributed by atoms with van der Waals surface area (Å²) in [5, 5.41) is 4.82. The van der Waals surface area contributed by atoms with Gasteiger partial charge in [-0.3, -0.25) is 24.5 Å². The molecule has 2 aliphatic rings. The summed E-state index contributed by atoms with van der Waals surface area (Å²) in [5.41, 5.74) is 0. The molecule has 1 saturated heterocycles. The summed E-state index contributed by atoms with van der Waals surface area (Å²) in [6.45, 7) is 2.05. The molecule has 2 atom stereocenters. The summed E-state index contributed by atoms with van der Waals surface area (Å²) < 4.78 is 0. The summed E-state index contributed by atoms with van der Waals surface area (Å²) >= 11 is 0. The monoisotopic (exact) mass is 267 g/mol. The fourth-order valence-corrected chi connectivity index (χ4v) is 2.08. The number of nitrogens with one attached hydrogen (secondary N) is 2. The lowest BCUT2D eigenvalue weighted by atomic mass is 10.2. The van der Waals surface area contributed by atoms with Gasteiger partial charge in [0.2, 0.25) is 23.6 Å². The number of rotatable bonds is 4. The van der Waals surface area contributed by atoms with Crippen LogP contribution < -0.4 is 10.6 Å². The molecule has 0 bridgehead atoms. The van der Waals surface area contributed by atoms with Gasteiger partial charge in [0.15, 0.2) is 0 Å². The molecule has 0 aromatic rings. The minimum Gasteiger partial charge on any atom is -0.355 e. The van der Waals surface area contributed by atoms with Crippen molar-refractivity contribution < 1.29 is 19.2 Å². The van der Waals surface area contributed by atoms with Crippen LogP contribution in [0.1, 0.15) is 19.8 Å². The molecule has 2 unspecified atom stereocenters. The highest BCUT2D eigenvalue weighted by molar-refractivity contribution is 6.02. The molecule has 0 aromatic heterocycles. The zero-order valence-electron chi connectivity index (χ0n) is 10.8. The topological polar surface area (TPSA) is 95.6 Å². The molecule has 19 heavy (non-hydrogen) atoms. The number of carbonyl (C=O) groups excluding carboxylic acids is 4. The molecule has 104 valence electrons. The van der Waals surface area contributed by atoms with E-state index in [-0.39, 0.29) is 43.8 Å². The maximum absolute atomic E-state index is 11.8. The van der Waals surface area contributed by atoms with Crippen molar-refractivity contribution in [2.24, 2.45) is 11.8 Å². The van der Waals surface area contributed by atoms with Gasteiger partial charge >= 0.3 is 0 Å². The Morgan fingerprint density at radius 1 is 1.32 bits per heavy atom. The maximum atomic E-state index is 11.8. The van der Waals surface area contributed by atoms with Crippen molar-refractivity contribution in [3.8, 4) is 0 Å². The van der Waals surface area contributed by atoms with Crippen LogP contribution >= 0.6 is 0 Å². The molecule has 1 heterocycles. The number of hydrogen-bond acceptors (Lipinski definition) is 4. The average Bonchev–Trinajstić information content (AvgIpc) is 3.05. The van der Waals surface area contributed by atoms with Gasteiger partial charge in [-0.25, -0.2) is 0 Å². The second-order valence-corrected chi connectivity index (χ2v) is 5.08. The van der Waals surface area contributed by atoms with E-state index in [0.29, 0.717) is 5.92 Å². The summed E-state index contributed by atoms with van der Waals surface area (Å²) in [5.74, 6) is -0.752. The summed E-state index contributed by atoms with van der Waals surface area (Å²) in [6, 6.07) is 0. The summed E-state index contributed by atoms with van der Waals surface area (Å²) in [6.07, 6.45) is 1.01. The number of piperazine rings is 1. The molecule has 7 heteroatoms. The lowest BCUT2D eigenvalue weighted by molar-refractivity contribution is -0.145. The van der Waals surface area contributed by atoms with Crippen LogP contribution in [0.4, 0.5) is 0 Å². The Morgan fingerprint density at radius 2 is 1.89 bits per heavy atom. The van der Waals surface area contributed by atoms with Gasteiger partial charge in [0.1, 0.15) is 13.1 Å². The van der Waals surface area contributed by atoms with E-state index < -0.39 is 11.8 Å². The van der Waals surface area contributed by atoms with Crippen molar-refractivity contribution in [1.29, 1.82) is 0 Å². The van der Waals surface area contributed by atoms with Gasteiger partial charge in [0.25, 0.3) is 0 Å². The maximum Gasteiger partial charge on any atom is 0.246 e. The number of imide groups is 1. The quantitative estimate of drug-likeness (QED) is 0.615. The highest BCUT2D eigenvalue weighted by Gasteiger charge is 2.38. The van der Waals surface area contributed by atoms with Gasteiger partial charge < -0.3 is 10.2 Å². The van der Waals surface area contributed by atoms with Crippen LogP contribution in [0.5, 0.6) is 0 Å². The van der Waals surface area contributed by atoms with Crippen LogP contribution in [-0.4, -0.2) is 48.2 Å². The molecule has 0 aromatic carbocycles. The Hall–Kier alpha value is -1.92. The molecule has 7 nitrogen and oxygen atoms in total. The van der Waals surface area contributed by atoms with Crippen molar-refractivity contribution in [2.75, 3.05) is 19.6 Å². The molecular weight excluding hydrogens is 250 g/mol. The second kappa shape index (κ2) is 5.38. The van der Waals surface area contributed by atoms with Gasteiger partial charge in [-0.1, -0.05) is 6.92 Å². The van der Waals surface area contributed by atoms with Crippen LogP contribution in [0.15, 0.2) is 0 Å². The third kappa shape index (κ3) is 3.52. The Labute approximate surface area is 110 Å². The lowest BCUT2D eigenvalue weighted by Gasteiger charge is -2.25. The first-order valence-corrected chi connectivity index (χ1v) is 6.35. The first kappa shape index (κ1) is 13.5. The molecule has 1 aliphatic carbocycles. The highest BCUT2D eigenvalue weighted by atomic mass is 16.2. The van der Waals surface area contributed by atoms with Crippen LogP contribution in [0, 0.1) is 11.8 Å². The van der Waals surface area contributed by atoms with Crippen LogP contribution in [0.3, 0.4) is 0 Å². The lowest BCUT2D eigenvalue weighted by Crippen LogP contribution is -2.53. The van der Waals surface area contributed by atoms with Crippen LogP contribution in [-0.2, 0) is 19.2 Å². The van der Waals surface area contributed by atoms with Crippen molar-refractivity contribution >= 4 is 23.6 Å². The van der Waals surface area contributed by atoms with Crippen LogP contribution in [0.2, 0.25) is 0 Å². The smallest absolute Gasteiger partial charge is 0.246 e. The zero-order valence-corrected chi connectivity index (χ0v) is 10.8. The van der Waals surface area contributed by atoms with Gasteiger partial charge in [0.05, 0.1) is 0 Å². The molecule has 4 amide bonds. The Morgan fingerprint density at radius 3 is 2.42 bits per heavy atom. The number of nitrogens with zero attached hydrogens (tertiary/aromatic N) is 1. The number of carbonyl (C=O) groups is 4. The predicted molar refractivity (Wildman–Crippen MR) is 64.6 cm³/mol. The molecule has 2 rings (SSSR count). The second-order valence-electron chi connectivity index (χ2n) is 5.08. The Kier molecular flexibility index (Phi) is 3.82. The largest absolute Gasteiger partial charge is 0.355 e. The van der Waals surface area contributed by atoms with E-state index in [4.69, 9.17) is 0 Å². The summed E-state index contributed by atoms with van der Waals surface area (Å²) in [7, 11) is 0. The molecule has 1 aliphatic heterocycles. The molecular formula is C12H17N3O4. The Balaban J connectivity index is 1.70. The predicted octanol–water partition coefficient (Wildman–Crippen LogP) is -1.37. The minimum absolute atomic E-state index is 0.0206. The van der Waals surface area contributed by atoms with E-state index in [9.17, 15) is 19.2 Å².